The molecular weight excluding hydrogens is 258 g/mol. The number of hydrogen-bond donors (Lipinski definition) is 1. The maximum absolute atomic E-state index is 11.0. The molecule has 1 aromatic rings. The van der Waals surface area contributed by atoms with Crippen molar-refractivity contribution in [3.8, 4) is 0 Å². The Balaban J connectivity index is 2.00. The topological polar surface area (TPSA) is 23.5 Å². The predicted molar refractivity (Wildman–Crippen MR) is 89.7 cm³/mol. The third-order valence-electron chi connectivity index (χ3n) is 4.86. The fraction of sp³-hybridized carbons (Fsp3) is 0.684. The highest BCUT2D eigenvalue weighted by atomic mass is 16.3. The zero-order valence-corrected chi connectivity index (χ0v) is 14.1. The van der Waals surface area contributed by atoms with Gasteiger partial charge in [0.25, 0.3) is 0 Å². The van der Waals surface area contributed by atoms with Crippen LogP contribution in [0.1, 0.15) is 64.0 Å². The summed E-state index contributed by atoms with van der Waals surface area (Å²) in [5.41, 5.74) is 2.11. The van der Waals surface area contributed by atoms with Crippen molar-refractivity contribution in [2.45, 2.75) is 70.9 Å². The molecule has 0 bridgehead atoms. The van der Waals surface area contributed by atoms with Crippen LogP contribution < -0.4 is 0 Å². The molecule has 1 saturated heterocycles. The van der Waals surface area contributed by atoms with Crippen molar-refractivity contribution in [2.75, 3.05) is 13.1 Å². The smallest absolute Gasteiger partial charge is 0.0700 e. The van der Waals surface area contributed by atoms with Crippen molar-refractivity contribution >= 4 is 0 Å². The normalized spacial score (nSPS) is 24.5. The van der Waals surface area contributed by atoms with Gasteiger partial charge in [0.05, 0.1) is 5.60 Å². The Bertz CT molecular complexity index is 437. The molecule has 0 amide bonds. The third-order valence-corrected chi connectivity index (χ3v) is 4.86. The fourth-order valence-electron chi connectivity index (χ4n) is 3.29. The van der Waals surface area contributed by atoms with E-state index < -0.39 is 5.60 Å². The molecule has 1 heterocycles. The van der Waals surface area contributed by atoms with Gasteiger partial charge < -0.3 is 10.0 Å². The van der Waals surface area contributed by atoms with E-state index in [1.807, 2.05) is 0 Å². The number of hydrogen-bond acceptors (Lipinski definition) is 2. The molecule has 21 heavy (non-hydrogen) atoms. The summed E-state index contributed by atoms with van der Waals surface area (Å²) in [5, 5.41) is 11.0. The summed E-state index contributed by atoms with van der Waals surface area (Å²) in [6.45, 7) is 11.1. The van der Waals surface area contributed by atoms with Gasteiger partial charge in [-0.15, -0.1) is 0 Å². The summed E-state index contributed by atoms with van der Waals surface area (Å²) in [7, 11) is 0. The number of aliphatic hydroxyl groups is 1. The zero-order valence-electron chi connectivity index (χ0n) is 14.1. The van der Waals surface area contributed by atoms with E-state index in [1.165, 1.54) is 11.1 Å². The first-order chi connectivity index (χ1) is 9.89. The summed E-state index contributed by atoms with van der Waals surface area (Å²) < 4.78 is 0. The highest BCUT2D eigenvalue weighted by Gasteiger charge is 2.30. The van der Waals surface area contributed by atoms with Crippen molar-refractivity contribution in [1.82, 2.24) is 4.90 Å². The number of nitrogens with zero attached hydrogens (tertiary/aromatic N) is 1. The second-order valence-corrected chi connectivity index (χ2v) is 7.28. The largest absolute Gasteiger partial charge is 0.389 e. The maximum atomic E-state index is 11.0. The molecule has 1 unspecified atom stereocenters. The van der Waals surface area contributed by atoms with Gasteiger partial charge in [0.2, 0.25) is 0 Å². The molecule has 118 valence electrons. The third kappa shape index (κ3) is 4.55. The molecule has 0 spiro atoms. The standard InChI is InChI=1S/C19H31NO/c1-15(2)18-8-6-17(7-9-18)14-19(21)10-5-12-20(13-11-19)16(3)4/h6-9,15-16,21H,5,10-14H2,1-4H3. The Morgan fingerprint density at radius 1 is 1.05 bits per heavy atom. The van der Waals surface area contributed by atoms with Crippen molar-refractivity contribution in [3.63, 3.8) is 0 Å². The van der Waals surface area contributed by atoms with Crippen LogP contribution in [0.25, 0.3) is 0 Å². The Morgan fingerprint density at radius 2 is 1.71 bits per heavy atom. The van der Waals surface area contributed by atoms with Crippen LogP contribution in [0.15, 0.2) is 24.3 Å². The number of likely N-dealkylation sites (tertiary alicyclic amines) is 1. The lowest BCUT2D eigenvalue weighted by molar-refractivity contribution is 0.0249. The van der Waals surface area contributed by atoms with Crippen LogP contribution in [0.4, 0.5) is 0 Å². The van der Waals surface area contributed by atoms with Crippen molar-refractivity contribution in [3.05, 3.63) is 35.4 Å². The van der Waals surface area contributed by atoms with E-state index in [2.05, 4.69) is 56.9 Å². The first kappa shape index (κ1) is 16.5. The lowest BCUT2D eigenvalue weighted by atomic mass is 9.87. The van der Waals surface area contributed by atoms with E-state index >= 15 is 0 Å². The molecule has 2 nitrogen and oxygen atoms in total. The van der Waals surface area contributed by atoms with E-state index in [0.717, 1.165) is 38.8 Å². The van der Waals surface area contributed by atoms with Crippen molar-refractivity contribution < 1.29 is 5.11 Å². The summed E-state index contributed by atoms with van der Waals surface area (Å²) in [5.74, 6) is 0.569. The monoisotopic (exact) mass is 289 g/mol. The lowest BCUT2D eigenvalue weighted by Crippen LogP contribution is -2.35. The van der Waals surface area contributed by atoms with Gasteiger partial charge in [-0.2, -0.15) is 0 Å². The van der Waals surface area contributed by atoms with Crippen molar-refractivity contribution in [2.24, 2.45) is 0 Å². The molecule has 2 rings (SSSR count). The molecule has 1 atom stereocenters. The molecule has 1 aliphatic heterocycles. The van der Waals surface area contributed by atoms with Gasteiger partial charge in [0, 0.05) is 19.0 Å². The minimum atomic E-state index is -0.525. The number of rotatable bonds is 4. The zero-order chi connectivity index (χ0) is 15.5. The molecular formula is C19H31NO. The first-order valence-corrected chi connectivity index (χ1v) is 8.45. The molecule has 0 saturated carbocycles. The Labute approximate surface area is 130 Å². The van der Waals surface area contributed by atoms with Crippen LogP contribution in [0.3, 0.4) is 0 Å². The van der Waals surface area contributed by atoms with Gasteiger partial charge in [-0.05, 0) is 56.7 Å². The fourth-order valence-corrected chi connectivity index (χ4v) is 3.29. The molecule has 1 N–H and O–H groups in total. The average molecular weight is 289 g/mol. The van der Waals surface area contributed by atoms with E-state index in [0.29, 0.717) is 12.0 Å². The predicted octanol–water partition coefficient (Wildman–Crippen LogP) is 3.98. The van der Waals surface area contributed by atoms with Gasteiger partial charge in [-0.25, -0.2) is 0 Å². The summed E-state index contributed by atoms with van der Waals surface area (Å²) in [4.78, 5) is 2.49. The van der Waals surface area contributed by atoms with Gasteiger partial charge in [-0.3, -0.25) is 0 Å². The Morgan fingerprint density at radius 3 is 2.29 bits per heavy atom. The van der Waals surface area contributed by atoms with Gasteiger partial charge >= 0.3 is 0 Å². The lowest BCUT2D eigenvalue weighted by Gasteiger charge is -2.28. The molecule has 0 radical (unpaired) electrons. The summed E-state index contributed by atoms with van der Waals surface area (Å²) in [6, 6.07) is 9.38. The second-order valence-electron chi connectivity index (χ2n) is 7.28. The molecule has 1 fully saturated rings. The Hall–Kier alpha value is -0.860. The van der Waals surface area contributed by atoms with Gasteiger partial charge in [0.15, 0.2) is 0 Å². The van der Waals surface area contributed by atoms with Crippen LogP contribution in [0.5, 0.6) is 0 Å². The SMILES string of the molecule is CC(C)c1ccc(CC2(O)CCCN(C(C)C)CC2)cc1. The molecule has 0 aliphatic carbocycles. The summed E-state index contributed by atoms with van der Waals surface area (Å²) in [6.07, 6.45) is 3.69. The maximum Gasteiger partial charge on any atom is 0.0700 e. The second kappa shape index (κ2) is 6.93. The number of benzene rings is 1. The summed E-state index contributed by atoms with van der Waals surface area (Å²) >= 11 is 0. The van der Waals surface area contributed by atoms with Crippen LogP contribution >= 0.6 is 0 Å². The van der Waals surface area contributed by atoms with Gasteiger partial charge in [-0.1, -0.05) is 38.1 Å². The highest BCUT2D eigenvalue weighted by molar-refractivity contribution is 5.25. The molecule has 1 aliphatic rings. The van der Waals surface area contributed by atoms with E-state index in [1.54, 1.807) is 0 Å². The molecule has 1 aromatic carbocycles. The first-order valence-electron chi connectivity index (χ1n) is 8.45. The van der Waals surface area contributed by atoms with Crippen LogP contribution in [0.2, 0.25) is 0 Å². The van der Waals surface area contributed by atoms with E-state index in [9.17, 15) is 5.11 Å². The minimum absolute atomic E-state index is 0.525. The molecule has 0 aromatic heterocycles. The quantitative estimate of drug-likeness (QED) is 0.906. The van der Waals surface area contributed by atoms with E-state index in [-0.39, 0.29) is 0 Å². The minimum Gasteiger partial charge on any atom is -0.389 e. The van der Waals surface area contributed by atoms with Crippen LogP contribution in [-0.4, -0.2) is 34.7 Å². The highest BCUT2D eigenvalue weighted by Crippen LogP contribution is 2.27. The van der Waals surface area contributed by atoms with Crippen LogP contribution in [-0.2, 0) is 6.42 Å². The average Bonchev–Trinajstić information content (AvgIpc) is 2.61. The van der Waals surface area contributed by atoms with Gasteiger partial charge in [0.1, 0.15) is 0 Å². The van der Waals surface area contributed by atoms with Crippen molar-refractivity contribution in [1.29, 1.82) is 0 Å². The molecule has 2 heteroatoms. The Kier molecular flexibility index (Phi) is 5.45. The van der Waals surface area contributed by atoms with Crippen LogP contribution in [0, 0.1) is 0 Å². The van der Waals surface area contributed by atoms with E-state index in [4.69, 9.17) is 0 Å².